The number of rotatable bonds is 3. The molecule has 0 fully saturated rings. The molecule has 0 bridgehead atoms. The Morgan fingerprint density at radius 2 is 1.50 bits per heavy atom. The Bertz CT molecular complexity index is 921. The van der Waals surface area contributed by atoms with E-state index in [4.69, 9.17) is 0 Å². The zero-order valence-electron chi connectivity index (χ0n) is 13.0. The van der Waals surface area contributed by atoms with Gasteiger partial charge in [0.1, 0.15) is 0 Å². The highest BCUT2D eigenvalue weighted by Crippen LogP contribution is 2.37. The Morgan fingerprint density at radius 1 is 0.792 bits per heavy atom. The first-order valence-corrected chi connectivity index (χ1v) is 7.83. The van der Waals surface area contributed by atoms with E-state index in [1.165, 1.54) is 0 Å². The second kappa shape index (κ2) is 6.05. The highest BCUT2D eigenvalue weighted by atomic mass is 16.2. The molecular weight excluding hydrogens is 296 g/mol. The third-order valence-corrected chi connectivity index (χ3v) is 4.02. The molecule has 1 aliphatic rings. The van der Waals surface area contributed by atoms with Gasteiger partial charge in [0, 0.05) is 30.4 Å². The van der Waals surface area contributed by atoms with Crippen LogP contribution in [-0.4, -0.2) is 10.5 Å². The van der Waals surface area contributed by atoms with E-state index in [9.17, 15) is 4.79 Å². The molecule has 3 nitrogen and oxygen atoms in total. The first-order valence-electron chi connectivity index (χ1n) is 7.83. The predicted molar refractivity (Wildman–Crippen MR) is 98.0 cm³/mol. The predicted octanol–water partition coefficient (Wildman–Crippen LogP) is 4.50. The molecule has 0 N–H and O–H groups in total. The molecule has 24 heavy (non-hydrogen) atoms. The van der Waals surface area contributed by atoms with E-state index < -0.39 is 0 Å². The Labute approximate surface area is 140 Å². The topological polar surface area (TPSA) is 25.2 Å². The van der Waals surface area contributed by atoms with Crippen molar-refractivity contribution in [3.8, 4) is 0 Å². The van der Waals surface area contributed by atoms with Crippen LogP contribution in [0.4, 0.5) is 5.69 Å². The van der Waals surface area contributed by atoms with Crippen molar-refractivity contribution in [2.24, 2.45) is 0 Å². The smallest absolute Gasteiger partial charge is 0.264 e. The molecule has 0 atom stereocenters. The zero-order chi connectivity index (χ0) is 16.4. The summed E-state index contributed by atoms with van der Waals surface area (Å²) in [5.41, 5.74) is 3.62. The van der Waals surface area contributed by atoms with E-state index in [0.29, 0.717) is 5.57 Å². The van der Waals surface area contributed by atoms with Crippen LogP contribution in [0, 0.1) is 0 Å². The number of anilines is 1. The van der Waals surface area contributed by atoms with Gasteiger partial charge in [0.2, 0.25) is 0 Å². The molecule has 1 aromatic heterocycles. The highest BCUT2D eigenvalue weighted by molar-refractivity contribution is 6.35. The number of benzene rings is 2. The third-order valence-electron chi connectivity index (χ3n) is 4.02. The second-order valence-electron chi connectivity index (χ2n) is 5.59. The summed E-state index contributed by atoms with van der Waals surface area (Å²) in [4.78, 5) is 14.6. The number of carbonyl (C=O) groups is 1. The molecule has 1 aliphatic heterocycles. The summed E-state index contributed by atoms with van der Waals surface area (Å²) in [5, 5.41) is 0. The first-order chi connectivity index (χ1) is 11.8. The maximum atomic E-state index is 12.9. The van der Waals surface area contributed by atoms with Crippen LogP contribution in [0.2, 0.25) is 0 Å². The summed E-state index contributed by atoms with van der Waals surface area (Å²) in [5.74, 6) is -0.0166. The largest absolute Gasteiger partial charge is 0.330 e. The van der Waals surface area contributed by atoms with Gasteiger partial charge < -0.3 is 4.57 Å². The van der Waals surface area contributed by atoms with Gasteiger partial charge in [-0.3, -0.25) is 9.69 Å². The molecule has 3 aromatic rings. The molecule has 1 amide bonds. The molecule has 0 aliphatic carbocycles. The molecule has 116 valence electrons. The van der Waals surface area contributed by atoms with Gasteiger partial charge in [-0.15, -0.1) is 0 Å². The number of para-hydroxylation sites is 1. The van der Waals surface area contributed by atoms with Crippen LogP contribution < -0.4 is 4.90 Å². The monoisotopic (exact) mass is 312 g/mol. The summed E-state index contributed by atoms with van der Waals surface area (Å²) in [6.45, 7) is 0. The van der Waals surface area contributed by atoms with Crippen molar-refractivity contribution in [2.75, 3.05) is 4.90 Å². The van der Waals surface area contributed by atoms with E-state index >= 15 is 0 Å². The molecule has 4 rings (SSSR count). The summed E-state index contributed by atoms with van der Waals surface area (Å²) < 4.78 is 1.90. The van der Waals surface area contributed by atoms with Gasteiger partial charge in [0.05, 0.1) is 11.3 Å². The lowest BCUT2D eigenvalue weighted by Crippen LogP contribution is -2.19. The van der Waals surface area contributed by atoms with E-state index in [0.717, 1.165) is 16.8 Å². The molecule has 0 radical (unpaired) electrons. The Morgan fingerprint density at radius 3 is 2.29 bits per heavy atom. The fourth-order valence-corrected chi connectivity index (χ4v) is 2.85. The van der Waals surface area contributed by atoms with Crippen LogP contribution in [0.15, 0.2) is 85.3 Å². The number of hydrogen-bond donors (Lipinski definition) is 0. The van der Waals surface area contributed by atoms with Gasteiger partial charge >= 0.3 is 0 Å². The summed E-state index contributed by atoms with van der Waals surface area (Å²) in [7, 11) is 0. The lowest BCUT2D eigenvalue weighted by Gasteiger charge is -2.11. The molecule has 0 spiro atoms. The fourth-order valence-electron chi connectivity index (χ4n) is 2.85. The van der Waals surface area contributed by atoms with Crippen molar-refractivity contribution in [1.82, 2.24) is 4.57 Å². The average molecular weight is 312 g/mol. The van der Waals surface area contributed by atoms with Gasteiger partial charge in [-0.2, -0.15) is 0 Å². The first kappa shape index (κ1) is 14.3. The highest BCUT2D eigenvalue weighted by Gasteiger charge is 2.30. The molecule has 2 heterocycles. The third kappa shape index (κ3) is 2.57. The minimum Gasteiger partial charge on any atom is -0.330 e. The van der Waals surface area contributed by atoms with Crippen LogP contribution in [0.1, 0.15) is 11.1 Å². The summed E-state index contributed by atoms with van der Waals surface area (Å²) in [6, 6.07) is 21.7. The van der Waals surface area contributed by atoms with Gasteiger partial charge in [-0.25, -0.2) is 0 Å². The molecule has 0 saturated carbocycles. The number of aromatic nitrogens is 1. The van der Waals surface area contributed by atoms with Crippen molar-refractivity contribution in [1.29, 1.82) is 0 Å². The number of hydrogen-bond acceptors (Lipinski definition) is 1. The van der Waals surface area contributed by atoms with E-state index in [1.54, 1.807) is 4.90 Å². The van der Waals surface area contributed by atoms with Crippen molar-refractivity contribution >= 4 is 29.4 Å². The number of carbonyl (C=O) groups excluding carboxylic acids is 1. The Balaban J connectivity index is 1.74. The second-order valence-corrected chi connectivity index (χ2v) is 5.59. The minimum atomic E-state index is -0.0166. The number of fused-ring (bicyclic) bond motifs is 1. The van der Waals surface area contributed by atoms with Crippen LogP contribution >= 0.6 is 0 Å². The maximum Gasteiger partial charge on any atom is 0.264 e. The normalized spacial score (nSPS) is 15.4. The SMILES string of the molecule is O=C1C(=Cn2cccc2)c2ccccc2N1C=Cc1ccccc1. The van der Waals surface area contributed by atoms with Crippen molar-refractivity contribution < 1.29 is 4.79 Å². The van der Waals surface area contributed by atoms with Gasteiger partial charge in [0.25, 0.3) is 5.91 Å². The fraction of sp³-hybridized carbons (Fsp3) is 0. The number of amides is 1. The van der Waals surface area contributed by atoms with Crippen LogP contribution in [0.3, 0.4) is 0 Å². The zero-order valence-corrected chi connectivity index (χ0v) is 13.0. The quantitative estimate of drug-likeness (QED) is 0.654. The van der Waals surface area contributed by atoms with Crippen LogP contribution in [-0.2, 0) is 4.79 Å². The standard InChI is InChI=1S/C21H16N2O/c24-21-19(16-22-13-6-7-14-22)18-10-4-5-11-20(18)23(21)15-12-17-8-2-1-3-9-17/h1-16H. The van der Waals surface area contributed by atoms with E-state index in [-0.39, 0.29) is 5.91 Å². The number of nitrogens with zero attached hydrogens (tertiary/aromatic N) is 2. The summed E-state index contributed by atoms with van der Waals surface area (Å²) in [6.07, 6.45) is 9.51. The van der Waals surface area contributed by atoms with Gasteiger partial charge in [0.15, 0.2) is 0 Å². The Kier molecular flexibility index (Phi) is 3.60. The molecular formula is C21H16N2O. The molecule has 2 aromatic carbocycles. The summed E-state index contributed by atoms with van der Waals surface area (Å²) >= 11 is 0. The molecule has 3 heteroatoms. The maximum absolute atomic E-state index is 12.9. The van der Waals surface area contributed by atoms with Gasteiger partial charge in [-0.05, 0) is 29.8 Å². The van der Waals surface area contributed by atoms with Gasteiger partial charge in [-0.1, -0.05) is 48.5 Å². The van der Waals surface area contributed by atoms with Crippen molar-refractivity contribution in [2.45, 2.75) is 0 Å². The molecule has 0 unspecified atom stereocenters. The van der Waals surface area contributed by atoms with Crippen molar-refractivity contribution in [3.63, 3.8) is 0 Å². The van der Waals surface area contributed by atoms with Crippen LogP contribution in [0.5, 0.6) is 0 Å². The molecule has 0 saturated heterocycles. The van der Waals surface area contributed by atoms with E-state index in [1.807, 2.05) is 102 Å². The average Bonchev–Trinajstić information content (AvgIpc) is 3.22. The van der Waals surface area contributed by atoms with Crippen LogP contribution in [0.25, 0.3) is 17.8 Å². The minimum absolute atomic E-state index is 0.0166. The van der Waals surface area contributed by atoms with E-state index in [2.05, 4.69) is 0 Å². The lowest BCUT2D eigenvalue weighted by atomic mass is 10.1. The lowest BCUT2D eigenvalue weighted by molar-refractivity contribution is -0.112. The Hall–Kier alpha value is -3.33. The van der Waals surface area contributed by atoms with Crippen molar-refractivity contribution in [3.05, 3.63) is 96.5 Å².